The maximum Gasteiger partial charge on any atom is 0.410 e. The SMILES string of the molecule is CC(C)(C)OC(=O)N1CCO[C@@H](CCCN=[N+]=[N-])C1. The summed E-state index contributed by atoms with van der Waals surface area (Å²) in [6.07, 6.45) is 1.24. The zero-order valence-corrected chi connectivity index (χ0v) is 11.8. The van der Waals surface area contributed by atoms with E-state index < -0.39 is 5.60 Å². The third kappa shape index (κ3) is 6.31. The van der Waals surface area contributed by atoms with Crippen LogP contribution in [0, 0.1) is 0 Å². The van der Waals surface area contributed by atoms with Crippen molar-refractivity contribution in [2.24, 2.45) is 5.11 Å². The summed E-state index contributed by atoms with van der Waals surface area (Å²) in [5.41, 5.74) is 7.70. The highest BCUT2D eigenvalue weighted by atomic mass is 16.6. The van der Waals surface area contributed by atoms with E-state index in [2.05, 4.69) is 10.0 Å². The summed E-state index contributed by atoms with van der Waals surface area (Å²) in [7, 11) is 0. The zero-order chi connectivity index (χ0) is 14.3. The van der Waals surface area contributed by atoms with Crippen LogP contribution in [0.1, 0.15) is 33.6 Å². The molecule has 1 rings (SSSR count). The number of carbonyl (C=O) groups excluding carboxylic acids is 1. The molecule has 0 aromatic rings. The molecular weight excluding hydrogens is 248 g/mol. The Morgan fingerprint density at radius 2 is 2.32 bits per heavy atom. The van der Waals surface area contributed by atoms with Crippen LogP contribution in [-0.4, -0.2) is 48.9 Å². The van der Waals surface area contributed by atoms with Crippen LogP contribution in [0.2, 0.25) is 0 Å². The van der Waals surface area contributed by atoms with E-state index in [0.717, 1.165) is 12.8 Å². The average molecular weight is 270 g/mol. The van der Waals surface area contributed by atoms with Crippen molar-refractivity contribution in [2.45, 2.75) is 45.3 Å². The third-order valence-corrected chi connectivity index (χ3v) is 2.64. The molecule has 1 fully saturated rings. The predicted molar refractivity (Wildman–Crippen MR) is 70.8 cm³/mol. The van der Waals surface area contributed by atoms with Crippen molar-refractivity contribution in [3.05, 3.63) is 10.4 Å². The molecule has 0 radical (unpaired) electrons. The molecule has 0 aliphatic carbocycles. The molecule has 1 aliphatic rings. The van der Waals surface area contributed by atoms with E-state index in [1.807, 2.05) is 20.8 Å². The van der Waals surface area contributed by atoms with Gasteiger partial charge >= 0.3 is 6.09 Å². The first kappa shape index (κ1) is 15.6. The van der Waals surface area contributed by atoms with E-state index >= 15 is 0 Å². The number of carbonyl (C=O) groups is 1. The van der Waals surface area contributed by atoms with Gasteiger partial charge in [-0.15, -0.1) is 0 Å². The van der Waals surface area contributed by atoms with Crippen molar-refractivity contribution in [1.82, 2.24) is 4.90 Å². The van der Waals surface area contributed by atoms with Gasteiger partial charge in [0.2, 0.25) is 0 Å². The summed E-state index contributed by atoms with van der Waals surface area (Å²) < 4.78 is 10.9. The lowest BCUT2D eigenvalue weighted by Gasteiger charge is -2.34. The van der Waals surface area contributed by atoms with Gasteiger partial charge in [-0.1, -0.05) is 5.11 Å². The van der Waals surface area contributed by atoms with Gasteiger partial charge in [0.1, 0.15) is 5.60 Å². The van der Waals surface area contributed by atoms with E-state index in [4.69, 9.17) is 15.0 Å². The molecule has 19 heavy (non-hydrogen) atoms. The van der Waals surface area contributed by atoms with Crippen LogP contribution in [0.5, 0.6) is 0 Å². The predicted octanol–water partition coefficient (Wildman–Crippen LogP) is 2.71. The van der Waals surface area contributed by atoms with Crippen LogP contribution in [0.4, 0.5) is 4.79 Å². The number of nitrogens with zero attached hydrogens (tertiary/aromatic N) is 4. The van der Waals surface area contributed by atoms with Gasteiger partial charge in [0, 0.05) is 18.0 Å². The molecule has 1 heterocycles. The smallest absolute Gasteiger partial charge is 0.410 e. The minimum Gasteiger partial charge on any atom is -0.444 e. The van der Waals surface area contributed by atoms with E-state index in [0.29, 0.717) is 26.2 Å². The Balaban J connectivity index is 2.37. The Labute approximate surface area is 113 Å². The molecule has 7 heteroatoms. The van der Waals surface area contributed by atoms with Crippen molar-refractivity contribution in [3.63, 3.8) is 0 Å². The Kier molecular flexibility index (Phi) is 5.92. The lowest BCUT2D eigenvalue weighted by atomic mass is 10.1. The lowest BCUT2D eigenvalue weighted by molar-refractivity contribution is -0.0447. The third-order valence-electron chi connectivity index (χ3n) is 2.64. The van der Waals surface area contributed by atoms with Gasteiger partial charge in [0.25, 0.3) is 0 Å². The van der Waals surface area contributed by atoms with Crippen LogP contribution in [0.25, 0.3) is 10.4 Å². The molecule has 0 saturated carbocycles. The van der Waals surface area contributed by atoms with Crippen molar-refractivity contribution in [3.8, 4) is 0 Å². The molecule has 0 bridgehead atoms. The van der Waals surface area contributed by atoms with E-state index in [9.17, 15) is 4.79 Å². The maximum atomic E-state index is 11.9. The highest BCUT2D eigenvalue weighted by molar-refractivity contribution is 5.68. The zero-order valence-electron chi connectivity index (χ0n) is 11.8. The first-order valence-corrected chi connectivity index (χ1v) is 6.53. The first-order valence-electron chi connectivity index (χ1n) is 6.53. The number of morpholine rings is 1. The number of amides is 1. The number of ether oxygens (including phenoxy) is 2. The lowest BCUT2D eigenvalue weighted by Crippen LogP contribution is -2.47. The Bertz CT molecular complexity index is 347. The highest BCUT2D eigenvalue weighted by Crippen LogP contribution is 2.15. The maximum absolute atomic E-state index is 11.9. The molecule has 0 aromatic carbocycles. The molecule has 0 aromatic heterocycles. The molecule has 1 saturated heterocycles. The van der Waals surface area contributed by atoms with Crippen LogP contribution in [0.15, 0.2) is 5.11 Å². The first-order chi connectivity index (χ1) is 8.92. The van der Waals surface area contributed by atoms with Gasteiger partial charge < -0.3 is 14.4 Å². The largest absolute Gasteiger partial charge is 0.444 e. The number of hydrogen-bond donors (Lipinski definition) is 0. The fraction of sp³-hybridized carbons (Fsp3) is 0.917. The fourth-order valence-corrected chi connectivity index (χ4v) is 1.82. The summed E-state index contributed by atoms with van der Waals surface area (Å²) in [5.74, 6) is 0. The molecule has 108 valence electrons. The van der Waals surface area contributed by atoms with E-state index in [-0.39, 0.29) is 12.2 Å². The van der Waals surface area contributed by atoms with E-state index in [1.165, 1.54) is 0 Å². The summed E-state index contributed by atoms with van der Waals surface area (Å²) in [4.78, 5) is 16.3. The van der Waals surface area contributed by atoms with Crippen molar-refractivity contribution in [2.75, 3.05) is 26.2 Å². The normalized spacial score (nSPS) is 19.7. The van der Waals surface area contributed by atoms with Crippen molar-refractivity contribution >= 4 is 6.09 Å². The second kappa shape index (κ2) is 7.21. The summed E-state index contributed by atoms with van der Waals surface area (Å²) >= 11 is 0. The highest BCUT2D eigenvalue weighted by Gasteiger charge is 2.27. The summed E-state index contributed by atoms with van der Waals surface area (Å²) in [5, 5.41) is 3.48. The minimum atomic E-state index is -0.480. The van der Waals surface area contributed by atoms with Gasteiger partial charge in [0.05, 0.1) is 19.3 Å². The number of hydrogen-bond acceptors (Lipinski definition) is 4. The Morgan fingerprint density at radius 1 is 1.58 bits per heavy atom. The van der Waals surface area contributed by atoms with Gasteiger partial charge in [-0.3, -0.25) is 0 Å². The van der Waals surface area contributed by atoms with Gasteiger partial charge in [0.15, 0.2) is 0 Å². The quantitative estimate of drug-likeness (QED) is 0.340. The van der Waals surface area contributed by atoms with Gasteiger partial charge in [-0.05, 0) is 39.1 Å². The number of rotatable bonds is 4. The average Bonchev–Trinajstić information content (AvgIpc) is 2.33. The topological polar surface area (TPSA) is 87.5 Å². The van der Waals surface area contributed by atoms with E-state index in [1.54, 1.807) is 4.90 Å². The Morgan fingerprint density at radius 3 is 2.95 bits per heavy atom. The standard InChI is InChI=1S/C12H22N4O3/c1-12(2,3)19-11(17)16-7-8-18-10(9-16)5-4-6-14-15-13/h10H,4-9H2,1-3H3/t10-/m0/s1. The fourth-order valence-electron chi connectivity index (χ4n) is 1.82. The summed E-state index contributed by atoms with van der Waals surface area (Å²) in [6, 6.07) is 0. The second-order valence-corrected chi connectivity index (χ2v) is 5.52. The molecular formula is C12H22N4O3. The molecule has 1 atom stereocenters. The molecule has 1 aliphatic heterocycles. The van der Waals surface area contributed by atoms with Gasteiger partial charge in [-0.2, -0.15) is 0 Å². The van der Waals surface area contributed by atoms with Crippen LogP contribution < -0.4 is 0 Å². The molecule has 1 amide bonds. The summed E-state index contributed by atoms with van der Waals surface area (Å²) in [6.45, 7) is 7.62. The minimum absolute atomic E-state index is 0.00448. The van der Waals surface area contributed by atoms with Crippen LogP contribution in [0.3, 0.4) is 0 Å². The molecule has 0 spiro atoms. The monoisotopic (exact) mass is 270 g/mol. The van der Waals surface area contributed by atoms with Crippen molar-refractivity contribution in [1.29, 1.82) is 0 Å². The molecule has 0 unspecified atom stereocenters. The molecule has 0 N–H and O–H groups in total. The number of azide groups is 1. The van der Waals surface area contributed by atoms with Crippen LogP contribution in [-0.2, 0) is 9.47 Å². The van der Waals surface area contributed by atoms with Crippen molar-refractivity contribution < 1.29 is 14.3 Å². The van der Waals surface area contributed by atoms with Gasteiger partial charge in [-0.25, -0.2) is 4.79 Å². The molecule has 7 nitrogen and oxygen atoms in total. The Hall–Kier alpha value is -1.46. The second-order valence-electron chi connectivity index (χ2n) is 5.52. The van der Waals surface area contributed by atoms with Crippen LogP contribution >= 0.6 is 0 Å².